The maximum Gasteiger partial charge on any atom is 0.150 e. The van der Waals surface area contributed by atoms with Crippen molar-refractivity contribution in [1.29, 1.82) is 0 Å². The van der Waals surface area contributed by atoms with Crippen LogP contribution in [-0.4, -0.2) is 17.7 Å². The number of halogens is 1. The summed E-state index contributed by atoms with van der Waals surface area (Å²) in [6, 6.07) is 0. The molecule has 1 aliphatic carbocycles. The lowest BCUT2D eigenvalue weighted by molar-refractivity contribution is -0.104. The largest absolute Gasteiger partial charge is 0.506 e. The number of phenolic OH excluding ortho intramolecular Hbond substituents is 1. The highest BCUT2D eigenvalue weighted by Crippen LogP contribution is 2.46. The van der Waals surface area contributed by atoms with Gasteiger partial charge in [-0.1, -0.05) is 35.7 Å². The quantitative estimate of drug-likeness (QED) is 0.353. The van der Waals surface area contributed by atoms with Crippen molar-refractivity contribution < 1.29 is 14.7 Å². The minimum Gasteiger partial charge on any atom is -0.506 e. The Morgan fingerprint density at radius 1 is 1.23 bits per heavy atom. The van der Waals surface area contributed by atoms with Crippen LogP contribution in [0.25, 0.3) is 0 Å². The van der Waals surface area contributed by atoms with Gasteiger partial charge in [0.2, 0.25) is 0 Å². The van der Waals surface area contributed by atoms with E-state index in [1.807, 2.05) is 13.0 Å². The number of aromatic hydroxyl groups is 1. The molecule has 3 nitrogen and oxygen atoms in total. The number of rotatable bonds is 8. The molecule has 1 aromatic carbocycles. The van der Waals surface area contributed by atoms with Crippen molar-refractivity contribution in [3.05, 3.63) is 50.6 Å². The predicted octanol–water partition coefficient (Wildman–Crippen LogP) is 5.85. The van der Waals surface area contributed by atoms with Gasteiger partial charge in [0.1, 0.15) is 12.0 Å². The number of benzene rings is 1. The van der Waals surface area contributed by atoms with Gasteiger partial charge in [-0.2, -0.15) is 0 Å². The van der Waals surface area contributed by atoms with Gasteiger partial charge in [-0.05, 0) is 75.5 Å². The van der Waals surface area contributed by atoms with E-state index in [1.54, 1.807) is 13.8 Å². The Morgan fingerprint density at radius 3 is 2.46 bits per heavy atom. The van der Waals surface area contributed by atoms with Gasteiger partial charge in [-0.25, -0.2) is 0 Å². The van der Waals surface area contributed by atoms with E-state index in [0.29, 0.717) is 23.5 Å². The molecule has 1 aromatic rings. The van der Waals surface area contributed by atoms with Gasteiger partial charge in [0.05, 0.1) is 5.02 Å². The molecule has 4 heteroatoms. The first-order chi connectivity index (χ1) is 12.4. The van der Waals surface area contributed by atoms with Crippen molar-refractivity contribution in [2.24, 2.45) is 0 Å². The van der Waals surface area contributed by atoms with Gasteiger partial charge in [-0.3, -0.25) is 9.59 Å². The lowest BCUT2D eigenvalue weighted by atomic mass is 9.74. The minimum absolute atomic E-state index is 0.109. The Bertz CT molecular complexity index is 755. The van der Waals surface area contributed by atoms with Crippen LogP contribution in [0.5, 0.6) is 5.75 Å². The second-order valence-electron chi connectivity index (χ2n) is 7.20. The molecule has 0 unspecified atom stereocenters. The normalized spacial score (nSPS) is 15.7. The Labute approximate surface area is 160 Å². The molecular weight excluding hydrogens is 348 g/mol. The van der Waals surface area contributed by atoms with Crippen molar-refractivity contribution in [3.8, 4) is 5.75 Å². The highest BCUT2D eigenvalue weighted by Gasteiger charge is 2.29. The van der Waals surface area contributed by atoms with Crippen LogP contribution in [0.15, 0.2) is 23.3 Å². The minimum atomic E-state index is 0.109. The monoisotopic (exact) mass is 374 g/mol. The molecule has 0 spiro atoms. The SMILES string of the molecule is C/C(C=O)=C\CC/C(C)=C/Cc1c(O)c(Cl)c(C)c(C=O)c1C1CCC1. The van der Waals surface area contributed by atoms with Crippen molar-refractivity contribution in [2.75, 3.05) is 0 Å². The molecule has 0 bridgehead atoms. The smallest absolute Gasteiger partial charge is 0.150 e. The zero-order valence-electron chi connectivity index (χ0n) is 15.8. The summed E-state index contributed by atoms with van der Waals surface area (Å²) >= 11 is 6.28. The molecule has 0 amide bonds. The number of carbonyl (C=O) groups is 2. The fourth-order valence-electron chi connectivity index (χ4n) is 3.40. The predicted molar refractivity (Wildman–Crippen MR) is 106 cm³/mol. The van der Waals surface area contributed by atoms with Crippen LogP contribution in [0.1, 0.15) is 78.9 Å². The summed E-state index contributed by atoms with van der Waals surface area (Å²) in [5.41, 5.74) is 4.99. The summed E-state index contributed by atoms with van der Waals surface area (Å²) in [7, 11) is 0. The van der Waals surface area contributed by atoms with Crippen LogP contribution >= 0.6 is 11.6 Å². The van der Waals surface area contributed by atoms with Crippen LogP contribution < -0.4 is 0 Å². The number of allylic oxidation sites excluding steroid dienone is 4. The third kappa shape index (κ3) is 4.45. The molecule has 0 heterocycles. The van der Waals surface area contributed by atoms with Crippen molar-refractivity contribution in [2.45, 2.75) is 65.2 Å². The maximum atomic E-state index is 11.7. The van der Waals surface area contributed by atoms with E-state index < -0.39 is 0 Å². The van der Waals surface area contributed by atoms with Crippen molar-refractivity contribution >= 4 is 24.2 Å². The number of carbonyl (C=O) groups excluding carboxylic acids is 2. The van der Waals surface area contributed by atoms with Crippen molar-refractivity contribution in [3.63, 3.8) is 0 Å². The lowest BCUT2D eigenvalue weighted by Crippen LogP contribution is -2.15. The number of aldehydes is 2. The van der Waals surface area contributed by atoms with E-state index in [4.69, 9.17) is 11.6 Å². The molecule has 1 aliphatic rings. The molecule has 1 N–H and O–H groups in total. The standard InChI is InChI=1S/C22H27ClO3/c1-14(6-4-7-15(2)12-24)10-11-18-20(17-8-5-9-17)19(13-25)16(3)21(23)22(18)26/h7,10,12-13,17,26H,4-6,8-9,11H2,1-3H3/b14-10+,15-7+. The van der Waals surface area contributed by atoms with E-state index in [2.05, 4.69) is 6.08 Å². The first kappa shape index (κ1) is 20.4. The van der Waals surface area contributed by atoms with Gasteiger partial charge in [0.15, 0.2) is 6.29 Å². The van der Waals surface area contributed by atoms with Crippen LogP contribution in [0, 0.1) is 6.92 Å². The first-order valence-electron chi connectivity index (χ1n) is 9.17. The zero-order chi connectivity index (χ0) is 19.3. The second kappa shape index (κ2) is 9.18. The van der Waals surface area contributed by atoms with E-state index in [1.165, 1.54) is 5.57 Å². The lowest BCUT2D eigenvalue weighted by Gasteiger charge is -2.30. The van der Waals surface area contributed by atoms with Crippen LogP contribution in [0.2, 0.25) is 5.02 Å². The summed E-state index contributed by atoms with van der Waals surface area (Å²) in [5, 5.41) is 10.9. The summed E-state index contributed by atoms with van der Waals surface area (Å²) in [6.07, 6.45) is 11.2. The van der Waals surface area contributed by atoms with Crippen LogP contribution in [-0.2, 0) is 11.2 Å². The maximum absolute atomic E-state index is 11.7. The Kier molecular flexibility index (Phi) is 7.22. The van der Waals surface area contributed by atoms with Crippen LogP contribution in [0.4, 0.5) is 0 Å². The zero-order valence-corrected chi connectivity index (χ0v) is 16.5. The molecular formula is C22H27ClO3. The van der Waals surface area contributed by atoms with E-state index >= 15 is 0 Å². The molecule has 140 valence electrons. The van der Waals surface area contributed by atoms with Crippen LogP contribution in [0.3, 0.4) is 0 Å². The molecule has 1 fully saturated rings. The Balaban J connectivity index is 2.30. The summed E-state index contributed by atoms with van der Waals surface area (Å²) < 4.78 is 0. The number of phenols is 1. The molecule has 0 saturated heterocycles. The number of hydrogen-bond acceptors (Lipinski definition) is 3. The molecule has 0 aliphatic heterocycles. The van der Waals surface area contributed by atoms with Gasteiger partial charge < -0.3 is 5.11 Å². The first-order valence-corrected chi connectivity index (χ1v) is 9.55. The summed E-state index contributed by atoms with van der Waals surface area (Å²) in [6.45, 7) is 5.63. The van der Waals surface area contributed by atoms with E-state index in [9.17, 15) is 14.7 Å². The third-order valence-electron chi connectivity index (χ3n) is 5.32. The highest BCUT2D eigenvalue weighted by atomic mass is 35.5. The topological polar surface area (TPSA) is 54.4 Å². The van der Waals surface area contributed by atoms with Gasteiger partial charge in [-0.15, -0.1) is 0 Å². The third-order valence-corrected chi connectivity index (χ3v) is 5.78. The van der Waals surface area contributed by atoms with Gasteiger partial charge >= 0.3 is 0 Å². The average Bonchev–Trinajstić information content (AvgIpc) is 2.58. The Morgan fingerprint density at radius 2 is 1.92 bits per heavy atom. The van der Waals surface area contributed by atoms with Gasteiger partial charge in [0, 0.05) is 11.1 Å². The average molecular weight is 375 g/mol. The summed E-state index contributed by atoms with van der Waals surface area (Å²) in [4.78, 5) is 22.3. The molecule has 0 radical (unpaired) electrons. The summed E-state index contributed by atoms with van der Waals surface area (Å²) in [5.74, 6) is 0.441. The Hall–Kier alpha value is -1.87. The molecule has 1 saturated carbocycles. The highest BCUT2D eigenvalue weighted by molar-refractivity contribution is 6.33. The van der Waals surface area contributed by atoms with Gasteiger partial charge in [0.25, 0.3) is 0 Å². The van der Waals surface area contributed by atoms with Crippen molar-refractivity contribution in [1.82, 2.24) is 0 Å². The van der Waals surface area contributed by atoms with E-state index in [-0.39, 0.29) is 10.8 Å². The molecule has 0 atom stereocenters. The molecule has 26 heavy (non-hydrogen) atoms. The number of hydrogen-bond donors (Lipinski definition) is 1. The molecule has 2 rings (SSSR count). The molecule has 0 aromatic heterocycles. The fraction of sp³-hybridized carbons (Fsp3) is 0.455. The van der Waals surface area contributed by atoms with E-state index in [0.717, 1.165) is 61.4 Å². The second-order valence-corrected chi connectivity index (χ2v) is 7.58. The fourth-order valence-corrected chi connectivity index (χ4v) is 3.61.